The van der Waals surface area contributed by atoms with E-state index in [2.05, 4.69) is 12.0 Å². The Morgan fingerprint density at radius 1 is 1.00 bits per heavy atom. The van der Waals surface area contributed by atoms with E-state index in [1.165, 1.54) is 51.4 Å². The molecule has 3 nitrogen and oxygen atoms in total. The van der Waals surface area contributed by atoms with Crippen LogP contribution in [-0.2, 0) is 6.54 Å². The third kappa shape index (κ3) is 6.88. The van der Waals surface area contributed by atoms with E-state index in [9.17, 15) is 4.79 Å². The van der Waals surface area contributed by atoms with E-state index in [1.807, 2.05) is 17.8 Å². The third-order valence-electron chi connectivity index (χ3n) is 3.79. The quantitative estimate of drug-likeness (QED) is 0.398. The van der Waals surface area contributed by atoms with Crippen molar-refractivity contribution in [3.63, 3.8) is 0 Å². The van der Waals surface area contributed by atoms with Crippen LogP contribution in [0, 0.1) is 0 Å². The summed E-state index contributed by atoms with van der Waals surface area (Å²) in [5, 5.41) is 4.14. The number of ketones is 1. The molecule has 0 aliphatic heterocycles. The Morgan fingerprint density at radius 2 is 1.60 bits per heavy atom. The van der Waals surface area contributed by atoms with Crippen LogP contribution in [0.4, 0.5) is 0 Å². The lowest BCUT2D eigenvalue weighted by molar-refractivity contribution is 0.0979. The lowest BCUT2D eigenvalue weighted by Gasteiger charge is -2.01. The summed E-state index contributed by atoms with van der Waals surface area (Å²) < 4.78 is 1.81. The molecule has 3 heteroatoms. The van der Waals surface area contributed by atoms with Crippen molar-refractivity contribution in [3.05, 3.63) is 18.0 Å². The predicted octanol–water partition coefficient (Wildman–Crippen LogP) is 5.01. The number of Topliss-reactive ketones (excluding diaryl/α,β-unsaturated/α-hetero) is 1. The molecule has 0 radical (unpaired) electrons. The Bertz CT molecular complexity index is 371. The van der Waals surface area contributed by atoms with Gasteiger partial charge in [0.25, 0.3) is 0 Å². The second-order valence-corrected chi connectivity index (χ2v) is 5.59. The number of aromatic nitrogens is 2. The van der Waals surface area contributed by atoms with Crippen molar-refractivity contribution in [2.24, 2.45) is 0 Å². The van der Waals surface area contributed by atoms with Gasteiger partial charge in [-0.3, -0.25) is 9.48 Å². The van der Waals surface area contributed by atoms with Crippen molar-refractivity contribution in [2.75, 3.05) is 0 Å². The van der Waals surface area contributed by atoms with Gasteiger partial charge in [-0.05, 0) is 13.3 Å². The third-order valence-corrected chi connectivity index (χ3v) is 3.79. The molecular formula is C17H30N2O. The summed E-state index contributed by atoms with van der Waals surface area (Å²) in [5.41, 5.74) is 0.770. The summed E-state index contributed by atoms with van der Waals surface area (Å²) in [6, 6.07) is 0. The van der Waals surface area contributed by atoms with Gasteiger partial charge in [0.05, 0.1) is 11.8 Å². The van der Waals surface area contributed by atoms with Crippen molar-refractivity contribution in [1.29, 1.82) is 0 Å². The van der Waals surface area contributed by atoms with Crippen LogP contribution in [-0.4, -0.2) is 15.6 Å². The number of carbonyl (C=O) groups excluding carboxylic acids is 1. The topological polar surface area (TPSA) is 34.9 Å². The van der Waals surface area contributed by atoms with Crippen molar-refractivity contribution in [2.45, 2.75) is 84.6 Å². The predicted molar refractivity (Wildman–Crippen MR) is 84.1 cm³/mol. The highest BCUT2D eigenvalue weighted by Crippen LogP contribution is 2.12. The Hall–Kier alpha value is -1.12. The van der Waals surface area contributed by atoms with E-state index in [0.717, 1.165) is 18.5 Å². The molecule has 0 bridgehead atoms. The highest BCUT2D eigenvalue weighted by molar-refractivity contribution is 5.95. The summed E-state index contributed by atoms with van der Waals surface area (Å²) in [6.45, 7) is 5.11. The molecule has 20 heavy (non-hydrogen) atoms. The summed E-state index contributed by atoms with van der Waals surface area (Å²) in [6.07, 6.45) is 15.8. The van der Waals surface area contributed by atoms with Crippen LogP contribution in [0.1, 0.15) is 88.4 Å². The van der Waals surface area contributed by atoms with Gasteiger partial charge in [-0.15, -0.1) is 0 Å². The second-order valence-electron chi connectivity index (χ2n) is 5.59. The minimum atomic E-state index is 0.243. The number of carbonyl (C=O) groups is 1. The number of rotatable bonds is 12. The van der Waals surface area contributed by atoms with Gasteiger partial charge < -0.3 is 0 Å². The fourth-order valence-corrected chi connectivity index (χ4v) is 2.42. The molecule has 1 aromatic rings. The van der Waals surface area contributed by atoms with Crippen molar-refractivity contribution in [3.8, 4) is 0 Å². The number of hydrogen-bond acceptors (Lipinski definition) is 2. The molecule has 0 aliphatic carbocycles. The molecule has 1 aromatic heterocycles. The molecular weight excluding hydrogens is 248 g/mol. The monoisotopic (exact) mass is 278 g/mol. The van der Waals surface area contributed by atoms with Crippen LogP contribution in [0.25, 0.3) is 0 Å². The van der Waals surface area contributed by atoms with Crippen molar-refractivity contribution in [1.82, 2.24) is 9.78 Å². The van der Waals surface area contributed by atoms with Crippen molar-refractivity contribution < 1.29 is 4.79 Å². The van der Waals surface area contributed by atoms with Gasteiger partial charge in [-0.1, -0.05) is 58.3 Å². The van der Waals surface area contributed by atoms with Crippen LogP contribution in [0.15, 0.2) is 12.4 Å². The van der Waals surface area contributed by atoms with Gasteiger partial charge in [0.1, 0.15) is 0 Å². The van der Waals surface area contributed by atoms with Crippen molar-refractivity contribution >= 4 is 5.78 Å². The Kier molecular flexibility index (Phi) is 9.01. The molecule has 1 heterocycles. The van der Waals surface area contributed by atoms with Crippen LogP contribution >= 0.6 is 0 Å². The zero-order valence-corrected chi connectivity index (χ0v) is 13.2. The molecule has 1 rings (SSSR count). The molecule has 0 amide bonds. The molecule has 0 N–H and O–H groups in total. The highest BCUT2D eigenvalue weighted by Gasteiger charge is 2.07. The fourth-order valence-electron chi connectivity index (χ4n) is 2.42. The first kappa shape index (κ1) is 16.9. The maximum atomic E-state index is 11.9. The number of nitrogens with zero attached hydrogens (tertiary/aromatic N) is 2. The zero-order chi connectivity index (χ0) is 14.6. The molecule has 0 spiro atoms. The van der Waals surface area contributed by atoms with Gasteiger partial charge >= 0.3 is 0 Å². The summed E-state index contributed by atoms with van der Waals surface area (Å²) in [7, 11) is 0. The second kappa shape index (κ2) is 10.6. The van der Waals surface area contributed by atoms with E-state index >= 15 is 0 Å². The standard InChI is InChI=1S/C17H30N2O/c1-3-5-6-7-8-9-10-11-12-13-17(20)16-14-18-19(4-2)15-16/h14-15H,3-13H2,1-2H3. The van der Waals surface area contributed by atoms with Gasteiger partial charge in [0, 0.05) is 19.2 Å². The normalized spacial score (nSPS) is 10.9. The smallest absolute Gasteiger partial charge is 0.166 e. The lowest BCUT2D eigenvalue weighted by Crippen LogP contribution is -1.98. The Morgan fingerprint density at radius 3 is 2.15 bits per heavy atom. The molecule has 0 atom stereocenters. The average molecular weight is 278 g/mol. The van der Waals surface area contributed by atoms with E-state index < -0.39 is 0 Å². The number of aryl methyl sites for hydroxylation is 1. The number of unbranched alkanes of at least 4 members (excludes halogenated alkanes) is 8. The number of hydrogen-bond donors (Lipinski definition) is 0. The van der Waals surface area contributed by atoms with E-state index in [1.54, 1.807) is 6.20 Å². The minimum absolute atomic E-state index is 0.243. The zero-order valence-electron chi connectivity index (χ0n) is 13.2. The first-order chi connectivity index (χ1) is 9.77. The maximum absolute atomic E-state index is 11.9. The summed E-state index contributed by atoms with van der Waals surface area (Å²) in [5.74, 6) is 0.243. The summed E-state index contributed by atoms with van der Waals surface area (Å²) >= 11 is 0. The van der Waals surface area contributed by atoms with Crippen LogP contribution in [0.5, 0.6) is 0 Å². The summed E-state index contributed by atoms with van der Waals surface area (Å²) in [4.78, 5) is 11.9. The molecule has 0 saturated heterocycles. The van der Waals surface area contributed by atoms with Gasteiger partial charge in [-0.2, -0.15) is 5.10 Å². The lowest BCUT2D eigenvalue weighted by atomic mass is 10.0. The van der Waals surface area contributed by atoms with Crippen LogP contribution in [0.2, 0.25) is 0 Å². The molecule has 0 fully saturated rings. The van der Waals surface area contributed by atoms with Gasteiger partial charge in [0.15, 0.2) is 5.78 Å². The van der Waals surface area contributed by atoms with Crippen LogP contribution in [0.3, 0.4) is 0 Å². The minimum Gasteiger partial charge on any atom is -0.294 e. The maximum Gasteiger partial charge on any atom is 0.166 e. The van der Waals surface area contributed by atoms with Gasteiger partial charge in [0.2, 0.25) is 0 Å². The molecule has 0 unspecified atom stereocenters. The van der Waals surface area contributed by atoms with E-state index in [-0.39, 0.29) is 5.78 Å². The van der Waals surface area contributed by atoms with Crippen LogP contribution < -0.4 is 0 Å². The molecule has 114 valence electrons. The molecule has 0 aliphatic rings. The molecule has 0 aromatic carbocycles. The first-order valence-electron chi connectivity index (χ1n) is 8.33. The van der Waals surface area contributed by atoms with E-state index in [0.29, 0.717) is 6.42 Å². The first-order valence-corrected chi connectivity index (χ1v) is 8.33. The molecule has 0 saturated carbocycles. The highest BCUT2D eigenvalue weighted by atomic mass is 16.1. The largest absolute Gasteiger partial charge is 0.294 e. The van der Waals surface area contributed by atoms with Gasteiger partial charge in [-0.25, -0.2) is 0 Å². The Labute approximate surface area is 123 Å². The SMILES string of the molecule is CCCCCCCCCCCC(=O)c1cnn(CC)c1. The fraction of sp³-hybridized carbons (Fsp3) is 0.765. The Balaban J connectivity index is 1.99. The van der Waals surface area contributed by atoms with E-state index in [4.69, 9.17) is 0 Å². The average Bonchev–Trinajstić information content (AvgIpc) is 2.94.